The highest BCUT2D eigenvalue weighted by Crippen LogP contribution is 2.50. The molecule has 2 fully saturated rings. The summed E-state index contributed by atoms with van der Waals surface area (Å²) in [4.78, 5) is 28.8. The van der Waals surface area contributed by atoms with Crippen molar-refractivity contribution in [2.24, 2.45) is 5.92 Å². The Labute approximate surface area is 139 Å². The van der Waals surface area contributed by atoms with E-state index >= 15 is 0 Å². The number of nitrogens with zero attached hydrogens (tertiary/aromatic N) is 2. The summed E-state index contributed by atoms with van der Waals surface area (Å²) < 4.78 is -0.289. The molecule has 0 aliphatic carbocycles. The van der Waals surface area contributed by atoms with Crippen molar-refractivity contribution in [2.45, 2.75) is 43.9 Å². The zero-order valence-corrected chi connectivity index (χ0v) is 14.6. The lowest BCUT2D eigenvalue weighted by molar-refractivity contribution is -0.120. The van der Waals surface area contributed by atoms with Gasteiger partial charge < -0.3 is 0 Å². The first-order valence-corrected chi connectivity index (χ1v) is 8.59. The molecule has 1 aromatic carbocycles. The lowest BCUT2D eigenvalue weighted by Crippen LogP contribution is -2.43. The minimum atomic E-state index is -0.409. The van der Waals surface area contributed by atoms with E-state index in [0.29, 0.717) is 10.7 Å². The molecule has 3 rings (SSSR count). The lowest BCUT2D eigenvalue weighted by Gasteiger charge is -2.25. The fourth-order valence-corrected chi connectivity index (χ4v) is 4.86. The van der Waals surface area contributed by atoms with Gasteiger partial charge in [-0.3, -0.25) is 9.69 Å². The maximum absolute atomic E-state index is 12.9. The Morgan fingerprint density at radius 2 is 1.77 bits per heavy atom. The van der Waals surface area contributed by atoms with Gasteiger partial charge in [0.05, 0.1) is 11.1 Å². The SMILES string of the molecule is CC(C)C1SC(C)(C)C2C(=O)N(c3ccc(Cl)cc3)C(=O)N12. The predicted octanol–water partition coefficient (Wildman–Crippen LogP) is 3.98. The van der Waals surface area contributed by atoms with Crippen molar-refractivity contribution in [3.63, 3.8) is 0 Å². The van der Waals surface area contributed by atoms with Crippen LogP contribution in [-0.4, -0.2) is 33.0 Å². The van der Waals surface area contributed by atoms with Gasteiger partial charge >= 0.3 is 6.03 Å². The van der Waals surface area contributed by atoms with Crippen molar-refractivity contribution in [1.29, 1.82) is 0 Å². The fraction of sp³-hybridized carbons (Fsp3) is 0.500. The molecule has 22 heavy (non-hydrogen) atoms. The van der Waals surface area contributed by atoms with Crippen molar-refractivity contribution in [3.05, 3.63) is 29.3 Å². The zero-order valence-electron chi connectivity index (χ0n) is 13.0. The van der Waals surface area contributed by atoms with Gasteiger partial charge in [0.1, 0.15) is 6.04 Å². The lowest BCUT2D eigenvalue weighted by atomic mass is 10.0. The van der Waals surface area contributed by atoms with Crippen molar-refractivity contribution in [1.82, 2.24) is 4.90 Å². The van der Waals surface area contributed by atoms with Crippen LogP contribution in [0.1, 0.15) is 27.7 Å². The van der Waals surface area contributed by atoms with E-state index in [9.17, 15) is 9.59 Å². The highest BCUT2D eigenvalue weighted by molar-refractivity contribution is 8.01. The zero-order chi connectivity index (χ0) is 16.2. The number of hydrogen-bond donors (Lipinski definition) is 0. The number of fused-ring (bicyclic) bond motifs is 1. The summed E-state index contributed by atoms with van der Waals surface area (Å²) in [5.74, 6) is 0.143. The van der Waals surface area contributed by atoms with E-state index in [1.54, 1.807) is 40.9 Å². The second-order valence-electron chi connectivity index (χ2n) is 6.60. The Hall–Kier alpha value is -1.20. The van der Waals surface area contributed by atoms with Crippen LogP contribution in [-0.2, 0) is 4.79 Å². The first-order valence-electron chi connectivity index (χ1n) is 7.33. The van der Waals surface area contributed by atoms with E-state index in [2.05, 4.69) is 13.8 Å². The van der Waals surface area contributed by atoms with Crippen molar-refractivity contribution in [2.75, 3.05) is 4.90 Å². The van der Waals surface area contributed by atoms with Crippen LogP contribution in [0.4, 0.5) is 10.5 Å². The third kappa shape index (κ3) is 2.22. The van der Waals surface area contributed by atoms with Crippen LogP contribution in [0, 0.1) is 5.92 Å². The van der Waals surface area contributed by atoms with E-state index < -0.39 is 6.04 Å². The minimum absolute atomic E-state index is 0.0220. The molecule has 0 saturated carbocycles. The smallest absolute Gasteiger partial charge is 0.298 e. The van der Waals surface area contributed by atoms with Crippen LogP contribution in [0.2, 0.25) is 5.02 Å². The summed E-state index contributed by atoms with van der Waals surface area (Å²) in [5, 5.41) is 0.605. The van der Waals surface area contributed by atoms with Crippen molar-refractivity contribution in [3.8, 4) is 0 Å². The Balaban J connectivity index is 2.02. The van der Waals surface area contributed by atoms with Gasteiger partial charge in [0.25, 0.3) is 5.91 Å². The molecule has 2 aliphatic rings. The number of amides is 3. The largest absolute Gasteiger partial charge is 0.333 e. The molecule has 0 aromatic heterocycles. The molecule has 1 aromatic rings. The first-order chi connectivity index (χ1) is 10.2. The van der Waals surface area contributed by atoms with Crippen LogP contribution in [0.25, 0.3) is 0 Å². The number of halogens is 1. The van der Waals surface area contributed by atoms with Gasteiger partial charge in [-0.05, 0) is 44.0 Å². The summed E-state index contributed by atoms with van der Waals surface area (Å²) >= 11 is 7.61. The van der Waals surface area contributed by atoms with E-state index in [4.69, 9.17) is 11.6 Å². The van der Waals surface area contributed by atoms with E-state index in [-0.39, 0.29) is 28.0 Å². The number of benzene rings is 1. The number of imide groups is 1. The van der Waals surface area contributed by atoms with Gasteiger partial charge in [-0.1, -0.05) is 25.4 Å². The van der Waals surface area contributed by atoms with E-state index in [0.717, 1.165) is 0 Å². The summed E-state index contributed by atoms with van der Waals surface area (Å²) in [6.07, 6.45) is 0. The molecule has 0 bridgehead atoms. The number of urea groups is 1. The van der Waals surface area contributed by atoms with E-state index in [1.807, 2.05) is 13.8 Å². The second-order valence-corrected chi connectivity index (χ2v) is 8.81. The molecule has 3 amide bonds. The van der Waals surface area contributed by atoms with Gasteiger partial charge in [-0.2, -0.15) is 0 Å². The predicted molar refractivity (Wildman–Crippen MR) is 90.3 cm³/mol. The second kappa shape index (κ2) is 5.17. The third-order valence-electron chi connectivity index (χ3n) is 4.16. The Kier molecular flexibility index (Phi) is 3.68. The van der Waals surface area contributed by atoms with Gasteiger partial charge in [0.15, 0.2) is 0 Å². The summed E-state index contributed by atoms with van der Waals surface area (Å²) in [6, 6.07) is 6.18. The van der Waals surface area contributed by atoms with Crippen LogP contribution in [0.15, 0.2) is 24.3 Å². The molecule has 0 spiro atoms. The number of rotatable bonds is 2. The summed E-state index contributed by atoms with van der Waals surface area (Å²) in [7, 11) is 0. The van der Waals surface area contributed by atoms with Gasteiger partial charge in [-0.15, -0.1) is 11.8 Å². The highest BCUT2D eigenvalue weighted by Gasteiger charge is 2.61. The maximum Gasteiger partial charge on any atom is 0.333 e. The molecular formula is C16H19ClN2O2S. The molecule has 2 atom stereocenters. The van der Waals surface area contributed by atoms with Gasteiger partial charge in [0, 0.05) is 9.77 Å². The standard InChI is InChI=1S/C16H19ClN2O2S/c1-9(2)14-19-12(16(3,4)22-14)13(20)18(15(19)21)11-7-5-10(17)6-8-11/h5-9,12,14H,1-4H3. The topological polar surface area (TPSA) is 40.6 Å². The fourth-order valence-electron chi connectivity index (χ4n) is 3.17. The normalized spacial score (nSPS) is 27.0. The molecule has 0 N–H and O–H groups in total. The molecule has 0 radical (unpaired) electrons. The number of thioether (sulfide) groups is 1. The molecule has 4 nitrogen and oxygen atoms in total. The molecular weight excluding hydrogens is 320 g/mol. The molecule has 2 saturated heterocycles. The molecule has 2 unspecified atom stereocenters. The molecule has 118 valence electrons. The average molecular weight is 339 g/mol. The minimum Gasteiger partial charge on any atom is -0.298 e. The Morgan fingerprint density at radius 3 is 2.32 bits per heavy atom. The average Bonchev–Trinajstić information content (AvgIpc) is 2.86. The number of carbonyl (C=O) groups is 2. The van der Waals surface area contributed by atoms with Crippen LogP contribution >= 0.6 is 23.4 Å². The Bertz CT molecular complexity index is 630. The molecule has 6 heteroatoms. The Morgan fingerprint density at radius 1 is 1.18 bits per heavy atom. The van der Waals surface area contributed by atoms with Crippen LogP contribution in [0.3, 0.4) is 0 Å². The third-order valence-corrected chi connectivity index (χ3v) is 6.25. The quantitative estimate of drug-likeness (QED) is 0.766. The summed E-state index contributed by atoms with van der Waals surface area (Å²) in [5.41, 5.74) is 0.581. The molecule has 2 heterocycles. The summed E-state index contributed by atoms with van der Waals surface area (Å²) in [6.45, 7) is 8.24. The molecule has 2 aliphatic heterocycles. The highest BCUT2D eigenvalue weighted by atomic mass is 35.5. The van der Waals surface area contributed by atoms with Crippen LogP contribution in [0.5, 0.6) is 0 Å². The van der Waals surface area contributed by atoms with Crippen LogP contribution < -0.4 is 4.90 Å². The maximum atomic E-state index is 12.9. The van der Waals surface area contributed by atoms with Gasteiger partial charge in [-0.25, -0.2) is 9.69 Å². The number of anilines is 1. The monoisotopic (exact) mass is 338 g/mol. The first kappa shape index (κ1) is 15.7. The van der Waals surface area contributed by atoms with Crippen molar-refractivity contribution < 1.29 is 9.59 Å². The number of hydrogen-bond acceptors (Lipinski definition) is 3. The number of carbonyl (C=O) groups excluding carboxylic acids is 2. The van der Waals surface area contributed by atoms with Gasteiger partial charge in [0.2, 0.25) is 0 Å². The van der Waals surface area contributed by atoms with E-state index in [1.165, 1.54) is 4.90 Å². The van der Waals surface area contributed by atoms with Crippen molar-refractivity contribution >= 4 is 41.0 Å².